The van der Waals surface area contributed by atoms with Crippen molar-refractivity contribution in [1.29, 1.82) is 5.26 Å². The number of para-hydroxylation sites is 2. The largest absolute Gasteiger partial charge is 0.330 e. The van der Waals surface area contributed by atoms with Crippen molar-refractivity contribution >= 4 is 16.8 Å². The maximum atomic E-state index is 13.2. The number of hydrogen-bond acceptors (Lipinski definition) is 6. The molecule has 8 heteroatoms. The number of hydrogen-bond donors (Lipinski definition) is 0. The second-order valence-corrected chi connectivity index (χ2v) is 7.73. The molecule has 0 spiro atoms. The minimum Gasteiger partial charge on any atom is -0.330 e. The highest BCUT2D eigenvalue weighted by molar-refractivity contribution is 5.91. The Balaban J connectivity index is 1.68. The van der Waals surface area contributed by atoms with Gasteiger partial charge in [-0.2, -0.15) is 10.4 Å². The molecule has 1 unspecified atom stereocenters. The SMILES string of the molecule is Cc1cc(C)nc(-n2nc(C)c(CC(=O)C(C#N)c3nc4ccccc4n3C)c2C)n1. The smallest absolute Gasteiger partial charge is 0.251 e. The Morgan fingerprint density at radius 1 is 1.10 bits per heavy atom. The minimum atomic E-state index is -0.961. The summed E-state index contributed by atoms with van der Waals surface area (Å²) in [7, 11) is 1.83. The highest BCUT2D eigenvalue weighted by Gasteiger charge is 2.28. The quantitative estimate of drug-likeness (QED) is 0.498. The third kappa shape index (κ3) is 3.59. The van der Waals surface area contributed by atoms with E-state index in [1.54, 1.807) is 4.68 Å². The van der Waals surface area contributed by atoms with E-state index in [-0.39, 0.29) is 12.2 Å². The topological polar surface area (TPSA) is 102 Å². The number of nitrogens with zero attached hydrogens (tertiary/aromatic N) is 7. The van der Waals surface area contributed by atoms with Crippen LogP contribution in [0.1, 0.15) is 40.1 Å². The van der Waals surface area contributed by atoms with Crippen molar-refractivity contribution < 1.29 is 4.79 Å². The predicted octanol–water partition coefficient (Wildman–Crippen LogP) is 3.20. The number of carbonyl (C=O) groups is 1. The summed E-state index contributed by atoms with van der Waals surface area (Å²) in [5.74, 6) is -0.247. The number of carbonyl (C=O) groups excluding carboxylic acids is 1. The molecule has 0 bridgehead atoms. The fourth-order valence-corrected chi connectivity index (χ4v) is 3.90. The van der Waals surface area contributed by atoms with Crippen molar-refractivity contribution in [3.05, 3.63) is 64.5 Å². The molecule has 0 radical (unpaired) electrons. The van der Waals surface area contributed by atoms with E-state index < -0.39 is 5.92 Å². The third-order valence-corrected chi connectivity index (χ3v) is 5.48. The Labute approximate surface area is 180 Å². The lowest BCUT2D eigenvalue weighted by molar-refractivity contribution is -0.118. The monoisotopic (exact) mass is 413 g/mol. The van der Waals surface area contributed by atoms with Gasteiger partial charge < -0.3 is 4.57 Å². The molecule has 0 fully saturated rings. The predicted molar refractivity (Wildman–Crippen MR) is 116 cm³/mol. The number of benzene rings is 1. The molecule has 0 N–H and O–H groups in total. The van der Waals surface area contributed by atoms with Crippen LogP contribution in [0.25, 0.3) is 17.0 Å². The van der Waals surface area contributed by atoms with E-state index >= 15 is 0 Å². The van der Waals surface area contributed by atoms with E-state index in [0.717, 1.165) is 39.4 Å². The number of aromatic nitrogens is 6. The maximum absolute atomic E-state index is 13.2. The number of aryl methyl sites for hydroxylation is 4. The highest BCUT2D eigenvalue weighted by atomic mass is 16.1. The van der Waals surface area contributed by atoms with Gasteiger partial charge in [-0.3, -0.25) is 4.79 Å². The van der Waals surface area contributed by atoms with Gasteiger partial charge in [-0.15, -0.1) is 0 Å². The molecule has 0 aliphatic carbocycles. The van der Waals surface area contributed by atoms with Crippen LogP contribution in [0.4, 0.5) is 0 Å². The molecule has 0 amide bonds. The molecule has 8 nitrogen and oxygen atoms in total. The molecule has 0 saturated carbocycles. The Hall–Kier alpha value is -3.86. The molecule has 156 valence electrons. The van der Waals surface area contributed by atoms with Crippen LogP contribution in [0.3, 0.4) is 0 Å². The third-order valence-electron chi connectivity index (χ3n) is 5.48. The van der Waals surface area contributed by atoms with E-state index in [0.29, 0.717) is 11.8 Å². The summed E-state index contributed by atoms with van der Waals surface area (Å²) in [6, 6.07) is 11.6. The van der Waals surface area contributed by atoms with Crippen LogP contribution >= 0.6 is 0 Å². The van der Waals surface area contributed by atoms with Crippen molar-refractivity contribution in [3.63, 3.8) is 0 Å². The zero-order chi connectivity index (χ0) is 22.3. The first-order chi connectivity index (χ1) is 14.8. The Bertz CT molecular complexity index is 1340. The summed E-state index contributed by atoms with van der Waals surface area (Å²) in [5.41, 5.74) is 5.63. The van der Waals surface area contributed by atoms with E-state index in [4.69, 9.17) is 0 Å². The summed E-state index contributed by atoms with van der Waals surface area (Å²) in [5, 5.41) is 14.4. The number of Topliss-reactive ketones (excluding diaryl/α,β-unsaturated/α-hetero) is 1. The Morgan fingerprint density at radius 2 is 1.77 bits per heavy atom. The zero-order valence-corrected chi connectivity index (χ0v) is 18.2. The van der Waals surface area contributed by atoms with E-state index in [1.807, 2.05) is 69.6 Å². The highest BCUT2D eigenvalue weighted by Crippen LogP contribution is 2.24. The molecule has 0 saturated heterocycles. The summed E-state index contributed by atoms with van der Waals surface area (Å²) < 4.78 is 3.47. The van der Waals surface area contributed by atoms with Crippen molar-refractivity contribution in [1.82, 2.24) is 29.3 Å². The van der Waals surface area contributed by atoms with Crippen LogP contribution < -0.4 is 0 Å². The summed E-state index contributed by atoms with van der Waals surface area (Å²) in [6.45, 7) is 7.55. The Kier molecular flexibility index (Phi) is 5.11. The lowest BCUT2D eigenvalue weighted by atomic mass is 9.97. The molecule has 4 rings (SSSR count). The van der Waals surface area contributed by atoms with E-state index in [1.165, 1.54) is 0 Å². The van der Waals surface area contributed by atoms with Crippen LogP contribution in [-0.2, 0) is 18.3 Å². The normalized spacial score (nSPS) is 12.1. The van der Waals surface area contributed by atoms with Crippen molar-refractivity contribution in [2.45, 2.75) is 40.0 Å². The van der Waals surface area contributed by atoms with Crippen molar-refractivity contribution in [2.75, 3.05) is 0 Å². The molecule has 4 aromatic rings. The molecular weight excluding hydrogens is 390 g/mol. The average Bonchev–Trinajstić information content (AvgIpc) is 3.20. The molecule has 3 heterocycles. The fourth-order valence-electron chi connectivity index (χ4n) is 3.90. The van der Waals surface area contributed by atoms with Gasteiger partial charge in [0.05, 0.1) is 22.8 Å². The van der Waals surface area contributed by atoms with Gasteiger partial charge in [0.25, 0.3) is 5.95 Å². The van der Waals surface area contributed by atoms with Gasteiger partial charge in [-0.1, -0.05) is 12.1 Å². The first-order valence-electron chi connectivity index (χ1n) is 10.0. The first-order valence-corrected chi connectivity index (χ1v) is 10.0. The molecule has 1 aromatic carbocycles. The van der Waals surface area contributed by atoms with Gasteiger partial charge in [-0.05, 0) is 45.9 Å². The second-order valence-electron chi connectivity index (χ2n) is 7.73. The number of nitriles is 1. The van der Waals surface area contributed by atoms with Crippen molar-refractivity contribution in [2.24, 2.45) is 7.05 Å². The standard InChI is InChI=1S/C23H23N7O/c1-13-10-14(2)26-23(25-13)30-16(4)17(15(3)28-30)11-21(31)18(12-24)22-27-19-8-6-7-9-20(19)29(22)5/h6-10,18H,11H2,1-5H3. The van der Waals surface area contributed by atoms with Crippen LogP contribution in [0.15, 0.2) is 30.3 Å². The Morgan fingerprint density at radius 3 is 2.42 bits per heavy atom. The minimum absolute atomic E-state index is 0.0872. The number of imidazole rings is 1. The van der Waals surface area contributed by atoms with Gasteiger partial charge >= 0.3 is 0 Å². The van der Waals surface area contributed by atoms with Gasteiger partial charge in [0.2, 0.25) is 0 Å². The summed E-state index contributed by atoms with van der Waals surface area (Å²) in [6.07, 6.45) is 0.0872. The molecule has 1 atom stereocenters. The molecule has 0 aliphatic heterocycles. The number of fused-ring (bicyclic) bond motifs is 1. The van der Waals surface area contributed by atoms with Gasteiger partial charge in [0.1, 0.15) is 5.82 Å². The lowest BCUT2D eigenvalue weighted by Crippen LogP contribution is -2.18. The maximum Gasteiger partial charge on any atom is 0.251 e. The van der Waals surface area contributed by atoms with Gasteiger partial charge in [0, 0.05) is 36.1 Å². The summed E-state index contributed by atoms with van der Waals surface area (Å²) >= 11 is 0. The zero-order valence-electron chi connectivity index (χ0n) is 18.2. The van der Waals surface area contributed by atoms with Gasteiger partial charge in [-0.25, -0.2) is 19.6 Å². The molecule has 31 heavy (non-hydrogen) atoms. The summed E-state index contributed by atoms with van der Waals surface area (Å²) in [4.78, 5) is 26.7. The van der Waals surface area contributed by atoms with Crippen LogP contribution in [0.2, 0.25) is 0 Å². The van der Waals surface area contributed by atoms with Crippen LogP contribution in [0, 0.1) is 39.0 Å². The number of ketones is 1. The molecular formula is C23H23N7O. The molecule has 0 aliphatic rings. The number of rotatable bonds is 5. The van der Waals surface area contributed by atoms with Gasteiger partial charge in [0.15, 0.2) is 11.7 Å². The molecule has 3 aromatic heterocycles. The fraction of sp³-hybridized carbons (Fsp3) is 0.304. The van der Waals surface area contributed by atoms with Crippen molar-refractivity contribution in [3.8, 4) is 12.0 Å². The van der Waals surface area contributed by atoms with Crippen LogP contribution in [-0.4, -0.2) is 35.1 Å². The van der Waals surface area contributed by atoms with Crippen LogP contribution in [0.5, 0.6) is 0 Å². The second kappa shape index (κ2) is 7.76. The van der Waals surface area contributed by atoms with E-state index in [9.17, 15) is 10.1 Å². The average molecular weight is 413 g/mol. The first kappa shape index (κ1) is 20.4. The van der Waals surface area contributed by atoms with E-state index in [2.05, 4.69) is 26.1 Å². The lowest BCUT2D eigenvalue weighted by Gasteiger charge is -2.09.